The molecule has 3 aromatic rings. The van der Waals surface area contributed by atoms with Crippen LogP contribution in [-0.4, -0.2) is 70.8 Å². The molecule has 3 fully saturated rings. The summed E-state index contributed by atoms with van der Waals surface area (Å²) in [5.74, 6) is -1.61. The van der Waals surface area contributed by atoms with Gasteiger partial charge in [-0.2, -0.15) is 0 Å². The first-order chi connectivity index (χ1) is 15.5. The van der Waals surface area contributed by atoms with Crippen LogP contribution in [0, 0.1) is 5.82 Å². The molecule has 0 unspecified atom stereocenters. The summed E-state index contributed by atoms with van der Waals surface area (Å²) in [7, 11) is 0. The van der Waals surface area contributed by atoms with Crippen LogP contribution in [0.5, 0.6) is 0 Å². The second-order valence-corrected chi connectivity index (χ2v) is 9.02. The quantitative estimate of drug-likeness (QED) is 0.602. The zero-order valence-electron chi connectivity index (χ0n) is 17.6. The van der Waals surface area contributed by atoms with E-state index < -0.39 is 11.4 Å². The van der Waals surface area contributed by atoms with Gasteiger partial charge in [-0.25, -0.2) is 14.2 Å². The van der Waals surface area contributed by atoms with Gasteiger partial charge in [0.15, 0.2) is 0 Å². The molecule has 0 bridgehead atoms. The molecule has 0 spiro atoms. The summed E-state index contributed by atoms with van der Waals surface area (Å²) in [6.45, 7) is 5.58. The van der Waals surface area contributed by atoms with E-state index in [9.17, 15) is 14.7 Å². The number of anilines is 1. The fourth-order valence-corrected chi connectivity index (χ4v) is 4.90. The predicted octanol–water partition coefficient (Wildman–Crippen LogP) is 1.82. The number of carboxylic acid groups (broad SMARTS) is 1. The van der Waals surface area contributed by atoms with Crippen molar-refractivity contribution < 1.29 is 14.3 Å². The van der Waals surface area contributed by atoms with E-state index in [-0.39, 0.29) is 22.8 Å². The number of carbonyl (C=O) groups is 1. The number of fused-ring (bicyclic) bond motifs is 2. The Hall–Kier alpha value is -3.04. The molecule has 2 N–H and O–H groups in total. The number of aromatic carboxylic acids is 1. The number of halogens is 1. The number of hydrogen-bond donors (Lipinski definition) is 2. The Labute approximate surface area is 183 Å². The summed E-state index contributed by atoms with van der Waals surface area (Å²) in [5.41, 5.74) is 0.747. The molecular weight excluding hydrogens is 413 g/mol. The minimum atomic E-state index is -1.26. The van der Waals surface area contributed by atoms with Crippen molar-refractivity contribution in [3.63, 3.8) is 0 Å². The minimum Gasteiger partial charge on any atom is -0.477 e. The van der Waals surface area contributed by atoms with Crippen LogP contribution in [0.1, 0.15) is 29.2 Å². The van der Waals surface area contributed by atoms with Gasteiger partial charge < -0.3 is 19.9 Å². The van der Waals surface area contributed by atoms with E-state index in [0.29, 0.717) is 28.3 Å². The first-order valence-corrected chi connectivity index (χ1v) is 11.1. The molecule has 2 aliphatic heterocycles. The second kappa shape index (κ2) is 7.25. The van der Waals surface area contributed by atoms with Gasteiger partial charge in [-0.3, -0.25) is 9.69 Å². The van der Waals surface area contributed by atoms with Gasteiger partial charge in [0.2, 0.25) is 5.43 Å². The molecular formula is C23H24FN5O3. The van der Waals surface area contributed by atoms with Gasteiger partial charge in [0.1, 0.15) is 17.0 Å². The van der Waals surface area contributed by atoms with Crippen molar-refractivity contribution in [3.8, 4) is 0 Å². The third-order valence-electron chi connectivity index (χ3n) is 6.91. The lowest BCUT2D eigenvalue weighted by Gasteiger charge is -2.48. The lowest BCUT2D eigenvalue weighted by atomic mass is 10.0. The topological polar surface area (TPSA) is 90.7 Å². The Morgan fingerprint density at radius 2 is 1.88 bits per heavy atom. The second-order valence-electron chi connectivity index (χ2n) is 9.02. The molecule has 32 heavy (non-hydrogen) atoms. The summed E-state index contributed by atoms with van der Waals surface area (Å²) >= 11 is 0. The highest BCUT2D eigenvalue weighted by atomic mass is 19.1. The molecule has 0 amide bonds. The summed E-state index contributed by atoms with van der Waals surface area (Å²) in [5, 5.41) is 13.5. The number of carboxylic acids is 1. The average Bonchev–Trinajstić information content (AvgIpc) is 3.58. The Morgan fingerprint density at radius 3 is 2.56 bits per heavy atom. The fraction of sp³-hybridized carbons (Fsp3) is 0.435. The summed E-state index contributed by atoms with van der Waals surface area (Å²) in [4.78, 5) is 33.5. The van der Waals surface area contributed by atoms with E-state index in [4.69, 9.17) is 4.98 Å². The molecule has 0 atom stereocenters. The third-order valence-corrected chi connectivity index (χ3v) is 6.91. The van der Waals surface area contributed by atoms with Crippen LogP contribution in [0.3, 0.4) is 0 Å². The molecule has 2 aromatic heterocycles. The number of nitrogens with one attached hydrogen (secondary N) is 1. The van der Waals surface area contributed by atoms with E-state index in [2.05, 4.69) is 10.2 Å². The Balaban J connectivity index is 1.40. The summed E-state index contributed by atoms with van der Waals surface area (Å²) in [6.07, 6.45) is 3.25. The van der Waals surface area contributed by atoms with Gasteiger partial charge in [-0.05, 0) is 31.0 Å². The number of pyridine rings is 2. The monoisotopic (exact) mass is 437 g/mol. The Morgan fingerprint density at radius 1 is 1.12 bits per heavy atom. The van der Waals surface area contributed by atoms with Gasteiger partial charge in [-0.1, -0.05) is 0 Å². The number of rotatable bonds is 4. The first kappa shape index (κ1) is 19.6. The molecule has 1 aromatic carbocycles. The van der Waals surface area contributed by atoms with E-state index in [1.54, 1.807) is 16.7 Å². The molecule has 6 rings (SSSR count). The molecule has 9 heteroatoms. The van der Waals surface area contributed by atoms with Crippen molar-refractivity contribution in [2.45, 2.75) is 24.9 Å². The lowest BCUT2D eigenvalue weighted by Crippen LogP contribution is -2.63. The lowest BCUT2D eigenvalue weighted by molar-refractivity contribution is 0.0695. The average molecular weight is 437 g/mol. The molecule has 3 aliphatic rings. The zero-order chi connectivity index (χ0) is 22.0. The largest absolute Gasteiger partial charge is 0.477 e. The highest BCUT2D eigenvalue weighted by Crippen LogP contribution is 2.37. The molecule has 2 saturated heterocycles. The maximum atomic E-state index is 15.0. The smallest absolute Gasteiger partial charge is 0.341 e. The van der Waals surface area contributed by atoms with Crippen LogP contribution >= 0.6 is 0 Å². The van der Waals surface area contributed by atoms with E-state index >= 15 is 4.39 Å². The van der Waals surface area contributed by atoms with Gasteiger partial charge in [0, 0.05) is 62.9 Å². The highest BCUT2D eigenvalue weighted by molar-refractivity contribution is 5.97. The molecule has 166 valence electrons. The van der Waals surface area contributed by atoms with Crippen molar-refractivity contribution >= 4 is 33.6 Å². The van der Waals surface area contributed by atoms with Crippen LogP contribution in [0.4, 0.5) is 10.1 Å². The first-order valence-electron chi connectivity index (χ1n) is 11.1. The maximum absolute atomic E-state index is 15.0. The molecule has 1 saturated carbocycles. The Kier molecular flexibility index (Phi) is 4.44. The normalized spacial score (nSPS) is 20.1. The van der Waals surface area contributed by atoms with E-state index in [0.717, 1.165) is 52.1 Å². The molecule has 1 aliphatic carbocycles. The Bertz CT molecular complexity index is 1310. The SMILES string of the molecule is O=C(O)c1cn(C2CC2)c2nc3cc(N4CC(N5CCNCC5)C4)c(F)cc3cc2c1=O. The molecule has 0 radical (unpaired) electrons. The van der Waals surface area contributed by atoms with Crippen LogP contribution in [-0.2, 0) is 0 Å². The van der Waals surface area contributed by atoms with E-state index in [1.165, 1.54) is 12.3 Å². The minimum absolute atomic E-state index is 0.149. The van der Waals surface area contributed by atoms with Crippen LogP contribution in [0.15, 0.2) is 29.2 Å². The van der Waals surface area contributed by atoms with Crippen LogP contribution in [0.25, 0.3) is 21.9 Å². The number of aromatic nitrogens is 2. The van der Waals surface area contributed by atoms with E-state index in [1.807, 2.05) is 4.90 Å². The van der Waals surface area contributed by atoms with Crippen LogP contribution in [0.2, 0.25) is 0 Å². The number of benzene rings is 1. The molecule has 4 heterocycles. The van der Waals surface area contributed by atoms with Crippen molar-refractivity contribution in [1.29, 1.82) is 0 Å². The number of hydrogen-bond acceptors (Lipinski definition) is 6. The zero-order valence-corrected chi connectivity index (χ0v) is 17.6. The van der Waals surface area contributed by atoms with Crippen molar-refractivity contribution in [2.24, 2.45) is 0 Å². The maximum Gasteiger partial charge on any atom is 0.341 e. The highest BCUT2D eigenvalue weighted by Gasteiger charge is 2.34. The van der Waals surface area contributed by atoms with Crippen LogP contribution < -0.4 is 15.6 Å². The summed E-state index contributed by atoms with van der Waals surface area (Å²) in [6, 6.07) is 5.33. The fourth-order valence-electron chi connectivity index (χ4n) is 4.90. The van der Waals surface area contributed by atoms with Gasteiger partial charge in [-0.15, -0.1) is 0 Å². The summed E-state index contributed by atoms with van der Waals surface area (Å²) < 4.78 is 16.8. The van der Waals surface area contributed by atoms with Gasteiger partial charge in [0.05, 0.1) is 16.6 Å². The van der Waals surface area contributed by atoms with Crippen molar-refractivity contribution in [1.82, 2.24) is 19.8 Å². The van der Waals surface area contributed by atoms with Gasteiger partial charge in [0.25, 0.3) is 0 Å². The number of nitrogens with zero attached hydrogens (tertiary/aromatic N) is 4. The predicted molar refractivity (Wildman–Crippen MR) is 119 cm³/mol. The number of piperazine rings is 1. The van der Waals surface area contributed by atoms with Crippen molar-refractivity contribution in [2.75, 3.05) is 44.2 Å². The third kappa shape index (κ3) is 3.15. The van der Waals surface area contributed by atoms with Gasteiger partial charge >= 0.3 is 5.97 Å². The standard InChI is InChI=1S/C23H24FN5O3/c24-18-8-13-7-16-21(30)17(23(31)32)12-29(14-1-2-14)22(16)26-19(13)9-20(18)28-10-15(11-28)27-5-3-25-4-6-27/h7-9,12,14-15,25H,1-6,10-11H2,(H,31,32). The van der Waals surface area contributed by atoms with Crippen molar-refractivity contribution in [3.05, 3.63) is 46.0 Å². The molecule has 8 nitrogen and oxygen atoms in total.